The summed E-state index contributed by atoms with van der Waals surface area (Å²) in [6.07, 6.45) is 2.69. The minimum Gasteiger partial charge on any atom is -0.502 e. The molecular formula is C15H11NO4S. The Hall–Kier alpha value is -2.47. The zero-order chi connectivity index (χ0) is 14.7. The van der Waals surface area contributed by atoms with E-state index in [1.807, 2.05) is 30.3 Å². The van der Waals surface area contributed by atoms with Gasteiger partial charge in [-0.15, -0.1) is 0 Å². The lowest BCUT2D eigenvalue weighted by atomic mass is 10.2. The van der Waals surface area contributed by atoms with Gasteiger partial charge in [-0.2, -0.15) is 0 Å². The molecule has 0 unspecified atom stereocenters. The molecule has 0 aliphatic rings. The first-order valence-electron chi connectivity index (χ1n) is 6.17. The Morgan fingerprint density at radius 1 is 1.24 bits per heavy atom. The van der Waals surface area contributed by atoms with Crippen LogP contribution < -0.4 is 5.43 Å². The van der Waals surface area contributed by atoms with Gasteiger partial charge in [0.2, 0.25) is 5.43 Å². The number of rotatable bonds is 4. The zero-order valence-electron chi connectivity index (χ0n) is 10.9. The first-order chi connectivity index (χ1) is 10.2. The molecule has 1 N–H and O–H groups in total. The fourth-order valence-corrected chi connectivity index (χ4v) is 2.41. The molecule has 1 aromatic carbocycles. The number of aromatic hydroxyl groups is 1. The highest BCUT2D eigenvalue weighted by Crippen LogP contribution is 2.27. The average molecular weight is 301 g/mol. The molecule has 5 nitrogen and oxygen atoms in total. The van der Waals surface area contributed by atoms with Crippen molar-refractivity contribution in [3.8, 4) is 17.1 Å². The molecule has 3 aromatic rings. The second kappa shape index (κ2) is 5.88. The van der Waals surface area contributed by atoms with E-state index in [0.29, 0.717) is 22.5 Å². The third-order valence-electron chi connectivity index (χ3n) is 2.75. The largest absolute Gasteiger partial charge is 0.502 e. The fourth-order valence-electron chi connectivity index (χ4n) is 1.71. The molecule has 0 amide bonds. The molecule has 3 rings (SSSR count). The molecule has 0 saturated carbocycles. The first-order valence-corrected chi connectivity index (χ1v) is 7.15. The smallest absolute Gasteiger partial charge is 0.256 e. The van der Waals surface area contributed by atoms with Crippen molar-refractivity contribution in [1.29, 1.82) is 0 Å². The Labute approximate surface area is 124 Å². The Morgan fingerprint density at radius 3 is 2.81 bits per heavy atom. The lowest BCUT2D eigenvalue weighted by Gasteiger charge is -1.98. The quantitative estimate of drug-likeness (QED) is 0.745. The topological polar surface area (TPSA) is 76.5 Å². The summed E-state index contributed by atoms with van der Waals surface area (Å²) in [6, 6.07) is 10.9. The summed E-state index contributed by atoms with van der Waals surface area (Å²) in [6.45, 7) is 0. The van der Waals surface area contributed by atoms with E-state index in [9.17, 15) is 4.79 Å². The maximum absolute atomic E-state index is 11.3. The third-order valence-corrected chi connectivity index (χ3v) is 3.61. The Kier molecular flexibility index (Phi) is 3.79. The number of oxazole rings is 1. The minimum atomic E-state index is -0.464. The van der Waals surface area contributed by atoms with Gasteiger partial charge in [0.05, 0.1) is 11.9 Å². The van der Waals surface area contributed by atoms with E-state index in [2.05, 4.69) is 4.98 Å². The van der Waals surface area contributed by atoms with Gasteiger partial charge in [-0.25, -0.2) is 4.98 Å². The number of thioether (sulfide) groups is 1. The Bertz CT molecular complexity index is 795. The first kappa shape index (κ1) is 13.5. The van der Waals surface area contributed by atoms with Crippen LogP contribution in [-0.2, 0) is 5.75 Å². The highest BCUT2D eigenvalue weighted by Gasteiger charge is 2.08. The molecule has 0 bridgehead atoms. The Morgan fingerprint density at radius 2 is 2.05 bits per heavy atom. The third kappa shape index (κ3) is 3.17. The molecule has 0 atom stereocenters. The van der Waals surface area contributed by atoms with Crippen molar-refractivity contribution >= 4 is 11.8 Å². The predicted molar refractivity (Wildman–Crippen MR) is 78.1 cm³/mol. The van der Waals surface area contributed by atoms with Crippen molar-refractivity contribution in [1.82, 2.24) is 4.98 Å². The van der Waals surface area contributed by atoms with Crippen LogP contribution in [0.3, 0.4) is 0 Å². The number of benzene rings is 1. The van der Waals surface area contributed by atoms with E-state index in [1.54, 1.807) is 6.20 Å². The zero-order valence-corrected chi connectivity index (χ0v) is 11.7. The van der Waals surface area contributed by atoms with Gasteiger partial charge in [-0.1, -0.05) is 42.1 Å². The van der Waals surface area contributed by atoms with Crippen molar-refractivity contribution in [3.05, 3.63) is 64.8 Å². The van der Waals surface area contributed by atoms with Crippen molar-refractivity contribution in [3.63, 3.8) is 0 Å². The van der Waals surface area contributed by atoms with Crippen LogP contribution in [0.1, 0.15) is 5.76 Å². The molecule has 6 heteroatoms. The van der Waals surface area contributed by atoms with Gasteiger partial charge >= 0.3 is 0 Å². The molecule has 0 aliphatic carbocycles. The van der Waals surface area contributed by atoms with Gasteiger partial charge in [-0.3, -0.25) is 4.79 Å². The van der Waals surface area contributed by atoms with Crippen molar-refractivity contribution in [2.24, 2.45) is 0 Å². The van der Waals surface area contributed by atoms with Gasteiger partial charge in [0.1, 0.15) is 12.0 Å². The molecular weight excluding hydrogens is 290 g/mol. The summed E-state index contributed by atoms with van der Waals surface area (Å²) in [5.41, 5.74) is 0.488. The number of hydrogen-bond acceptors (Lipinski definition) is 6. The summed E-state index contributed by atoms with van der Waals surface area (Å²) < 4.78 is 10.7. The van der Waals surface area contributed by atoms with E-state index in [1.165, 1.54) is 17.8 Å². The van der Waals surface area contributed by atoms with Gasteiger partial charge < -0.3 is 13.9 Å². The van der Waals surface area contributed by atoms with Crippen LogP contribution in [0.4, 0.5) is 0 Å². The van der Waals surface area contributed by atoms with Gasteiger partial charge in [0, 0.05) is 11.6 Å². The van der Waals surface area contributed by atoms with Crippen LogP contribution in [0.15, 0.2) is 67.7 Å². The SMILES string of the molecule is O=c1cc(CSc2ncc(-c3ccccc3)o2)occ1O. The normalized spacial score (nSPS) is 10.7. The molecule has 106 valence electrons. The van der Waals surface area contributed by atoms with Crippen LogP contribution in [0.2, 0.25) is 0 Å². The van der Waals surface area contributed by atoms with E-state index < -0.39 is 11.2 Å². The molecule has 2 heterocycles. The van der Waals surface area contributed by atoms with Gasteiger partial charge in [-0.05, 0) is 0 Å². The van der Waals surface area contributed by atoms with Crippen LogP contribution >= 0.6 is 11.8 Å². The van der Waals surface area contributed by atoms with Gasteiger partial charge in [0.15, 0.2) is 11.5 Å². The monoisotopic (exact) mass is 301 g/mol. The predicted octanol–water partition coefficient (Wildman–Crippen LogP) is 3.29. The van der Waals surface area contributed by atoms with Crippen LogP contribution in [0, 0.1) is 0 Å². The highest BCUT2D eigenvalue weighted by atomic mass is 32.2. The summed E-state index contributed by atoms with van der Waals surface area (Å²) in [5.74, 6) is 1.13. The number of nitrogens with zero attached hydrogens (tertiary/aromatic N) is 1. The molecule has 0 aliphatic heterocycles. The van der Waals surface area contributed by atoms with E-state index >= 15 is 0 Å². The van der Waals surface area contributed by atoms with E-state index in [0.717, 1.165) is 11.8 Å². The molecule has 2 aromatic heterocycles. The fraction of sp³-hybridized carbons (Fsp3) is 0.0667. The summed E-state index contributed by atoms with van der Waals surface area (Å²) in [7, 11) is 0. The van der Waals surface area contributed by atoms with Crippen molar-refractivity contribution in [2.45, 2.75) is 11.0 Å². The van der Waals surface area contributed by atoms with E-state index in [-0.39, 0.29) is 0 Å². The summed E-state index contributed by atoms with van der Waals surface area (Å²) in [4.78, 5) is 15.5. The van der Waals surface area contributed by atoms with Crippen molar-refractivity contribution < 1.29 is 13.9 Å². The standard InChI is InChI=1S/C15H11NO4S/c17-12-6-11(19-8-13(12)18)9-21-15-16-7-14(20-15)10-4-2-1-3-5-10/h1-8,18H,9H2. The molecule has 21 heavy (non-hydrogen) atoms. The number of hydrogen-bond donors (Lipinski definition) is 1. The van der Waals surface area contributed by atoms with Gasteiger partial charge in [0.25, 0.3) is 5.22 Å². The molecule has 0 radical (unpaired) electrons. The second-order valence-corrected chi connectivity index (χ2v) is 5.17. The Balaban J connectivity index is 1.70. The minimum absolute atomic E-state index is 0.393. The molecule has 0 spiro atoms. The lowest BCUT2D eigenvalue weighted by Crippen LogP contribution is -1.98. The summed E-state index contributed by atoms with van der Waals surface area (Å²) in [5, 5.41) is 9.60. The van der Waals surface area contributed by atoms with Crippen LogP contribution in [0.5, 0.6) is 5.75 Å². The van der Waals surface area contributed by atoms with Crippen LogP contribution in [-0.4, -0.2) is 10.1 Å². The maximum atomic E-state index is 11.3. The maximum Gasteiger partial charge on any atom is 0.256 e. The number of aromatic nitrogens is 1. The average Bonchev–Trinajstić information content (AvgIpc) is 2.98. The second-order valence-electron chi connectivity index (χ2n) is 4.24. The lowest BCUT2D eigenvalue weighted by molar-refractivity contribution is 0.418. The van der Waals surface area contributed by atoms with E-state index in [4.69, 9.17) is 13.9 Å². The van der Waals surface area contributed by atoms with Crippen LogP contribution in [0.25, 0.3) is 11.3 Å². The van der Waals surface area contributed by atoms with Crippen molar-refractivity contribution in [2.75, 3.05) is 0 Å². The molecule has 0 fully saturated rings. The molecule has 0 saturated heterocycles. The highest BCUT2D eigenvalue weighted by molar-refractivity contribution is 7.98. The summed E-state index contributed by atoms with van der Waals surface area (Å²) >= 11 is 1.31.